The number of hydrogen-bond donors (Lipinski definition) is 1. The van der Waals surface area contributed by atoms with Crippen LogP contribution in [0.2, 0.25) is 0 Å². The molecule has 0 aliphatic heterocycles. The van der Waals surface area contributed by atoms with Crippen LogP contribution in [0.25, 0.3) is 11.3 Å². The van der Waals surface area contributed by atoms with Crippen LogP contribution < -0.4 is 5.43 Å². The Bertz CT molecular complexity index is 758. The van der Waals surface area contributed by atoms with Crippen LogP contribution in [0.3, 0.4) is 0 Å². The van der Waals surface area contributed by atoms with Gasteiger partial charge in [-0.2, -0.15) is 5.10 Å². The number of thiazole rings is 1. The van der Waals surface area contributed by atoms with Crippen molar-refractivity contribution in [3.8, 4) is 11.3 Å². The number of benzene rings is 1. The summed E-state index contributed by atoms with van der Waals surface area (Å²) in [6, 6.07) is 10.3. The van der Waals surface area contributed by atoms with Crippen LogP contribution >= 0.6 is 11.3 Å². The summed E-state index contributed by atoms with van der Waals surface area (Å²) in [5, 5.41) is 7.60. The van der Waals surface area contributed by atoms with Crippen LogP contribution in [0, 0.1) is 5.92 Å². The molecule has 23 heavy (non-hydrogen) atoms. The van der Waals surface area contributed by atoms with Crippen LogP contribution in [0.5, 0.6) is 0 Å². The average Bonchev–Trinajstić information content (AvgIpc) is 3.25. The SMILES string of the molecule is CC1=C2CCC[C@@H]2CCC1=NNc1nc(-c2ccccc2)cs1. The molecular weight excluding hydrogens is 302 g/mol. The highest BCUT2D eigenvalue weighted by Gasteiger charge is 2.28. The fraction of sp³-hybridized carbons (Fsp3) is 0.368. The van der Waals surface area contributed by atoms with Gasteiger partial charge in [0.05, 0.1) is 11.4 Å². The third kappa shape index (κ3) is 2.95. The van der Waals surface area contributed by atoms with Gasteiger partial charge in [-0.15, -0.1) is 11.3 Å². The average molecular weight is 323 g/mol. The molecular formula is C19H21N3S. The summed E-state index contributed by atoms with van der Waals surface area (Å²) in [5.41, 5.74) is 9.62. The van der Waals surface area contributed by atoms with E-state index < -0.39 is 0 Å². The zero-order valence-corrected chi connectivity index (χ0v) is 14.2. The summed E-state index contributed by atoms with van der Waals surface area (Å²) in [7, 11) is 0. The van der Waals surface area contributed by atoms with Gasteiger partial charge in [0.15, 0.2) is 0 Å². The molecule has 2 aliphatic rings. The zero-order valence-electron chi connectivity index (χ0n) is 13.4. The topological polar surface area (TPSA) is 37.3 Å². The highest BCUT2D eigenvalue weighted by Crippen LogP contribution is 2.40. The highest BCUT2D eigenvalue weighted by molar-refractivity contribution is 7.14. The summed E-state index contributed by atoms with van der Waals surface area (Å²) < 4.78 is 0. The van der Waals surface area contributed by atoms with E-state index in [-0.39, 0.29) is 0 Å². The van der Waals surface area contributed by atoms with Crippen molar-refractivity contribution in [1.82, 2.24) is 4.98 Å². The molecule has 1 N–H and O–H groups in total. The maximum Gasteiger partial charge on any atom is 0.203 e. The smallest absolute Gasteiger partial charge is 0.203 e. The van der Waals surface area contributed by atoms with Gasteiger partial charge in [0, 0.05) is 10.9 Å². The number of anilines is 1. The van der Waals surface area contributed by atoms with Gasteiger partial charge >= 0.3 is 0 Å². The number of nitrogens with zero attached hydrogens (tertiary/aromatic N) is 2. The fourth-order valence-electron chi connectivity index (χ4n) is 3.73. The van der Waals surface area contributed by atoms with E-state index >= 15 is 0 Å². The van der Waals surface area contributed by atoms with Crippen LogP contribution in [0.4, 0.5) is 5.13 Å². The van der Waals surface area contributed by atoms with Crippen molar-refractivity contribution in [2.24, 2.45) is 11.0 Å². The van der Waals surface area contributed by atoms with E-state index in [2.05, 4.69) is 39.9 Å². The van der Waals surface area contributed by atoms with Gasteiger partial charge in [-0.3, -0.25) is 5.43 Å². The number of hydrogen-bond acceptors (Lipinski definition) is 4. The van der Waals surface area contributed by atoms with Gasteiger partial charge < -0.3 is 0 Å². The molecule has 0 saturated heterocycles. The Morgan fingerprint density at radius 1 is 1.17 bits per heavy atom. The molecule has 0 unspecified atom stereocenters. The number of fused-ring (bicyclic) bond motifs is 1. The lowest BCUT2D eigenvalue weighted by molar-refractivity contribution is 0.574. The van der Waals surface area contributed by atoms with E-state index in [0.717, 1.165) is 28.7 Å². The predicted octanol–water partition coefficient (Wildman–Crippen LogP) is 5.49. The number of nitrogens with one attached hydrogen (secondary N) is 1. The minimum Gasteiger partial charge on any atom is -0.252 e. The van der Waals surface area contributed by atoms with E-state index in [1.54, 1.807) is 16.9 Å². The van der Waals surface area contributed by atoms with E-state index in [1.165, 1.54) is 37.0 Å². The molecule has 1 saturated carbocycles. The second-order valence-corrected chi connectivity index (χ2v) is 7.21. The first-order valence-electron chi connectivity index (χ1n) is 8.35. The lowest BCUT2D eigenvalue weighted by Gasteiger charge is -2.22. The van der Waals surface area contributed by atoms with Gasteiger partial charge in [0.2, 0.25) is 5.13 Å². The van der Waals surface area contributed by atoms with Crippen molar-refractivity contribution >= 4 is 22.2 Å². The molecule has 1 aromatic carbocycles. The summed E-state index contributed by atoms with van der Waals surface area (Å²) in [5.74, 6) is 0.832. The Kier molecular flexibility index (Phi) is 4.00. The molecule has 4 heteroatoms. The van der Waals surface area contributed by atoms with Gasteiger partial charge in [0.25, 0.3) is 0 Å². The predicted molar refractivity (Wildman–Crippen MR) is 97.9 cm³/mol. The van der Waals surface area contributed by atoms with Crippen molar-refractivity contribution in [2.45, 2.75) is 39.0 Å². The maximum atomic E-state index is 4.66. The molecule has 0 radical (unpaired) electrons. The van der Waals surface area contributed by atoms with Gasteiger partial charge in [0.1, 0.15) is 0 Å². The van der Waals surface area contributed by atoms with Gasteiger partial charge in [-0.05, 0) is 50.5 Å². The quantitative estimate of drug-likeness (QED) is 0.758. The molecule has 1 fully saturated rings. The van der Waals surface area contributed by atoms with Crippen LogP contribution in [0.1, 0.15) is 39.0 Å². The summed E-state index contributed by atoms with van der Waals surface area (Å²) in [4.78, 5) is 4.64. The molecule has 118 valence electrons. The summed E-state index contributed by atoms with van der Waals surface area (Å²) >= 11 is 1.61. The molecule has 4 rings (SSSR count). The summed E-state index contributed by atoms with van der Waals surface area (Å²) in [6.07, 6.45) is 6.35. The first-order valence-corrected chi connectivity index (χ1v) is 9.23. The third-order valence-electron chi connectivity index (χ3n) is 5.00. The normalized spacial score (nSPS) is 22.5. The molecule has 1 atom stereocenters. The van der Waals surface area contributed by atoms with Crippen molar-refractivity contribution in [1.29, 1.82) is 0 Å². The second kappa shape index (κ2) is 6.28. The molecule has 1 aromatic heterocycles. The number of aromatic nitrogens is 1. The number of allylic oxidation sites excluding steroid dienone is 2. The molecule has 0 spiro atoms. The lowest BCUT2D eigenvalue weighted by Crippen LogP contribution is -2.16. The third-order valence-corrected chi connectivity index (χ3v) is 5.74. The van der Waals surface area contributed by atoms with E-state index in [4.69, 9.17) is 0 Å². The minimum absolute atomic E-state index is 0.832. The Labute approximate surface area is 141 Å². The highest BCUT2D eigenvalue weighted by atomic mass is 32.1. The van der Waals surface area contributed by atoms with Crippen LogP contribution in [0.15, 0.2) is 52.0 Å². The lowest BCUT2D eigenvalue weighted by atomic mass is 9.84. The molecule has 0 amide bonds. The maximum absolute atomic E-state index is 4.66. The van der Waals surface area contributed by atoms with E-state index in [9.17, 15) is 0 Å². The Balaban J connectivity index is 1.51. The molecule has 0 bridgehead atoms. The Morgan fingerprint density at radius 3 is 2.91 bits per heavy atom. The molecule has 1 heterocycles. The molecule has 2 aromatic rings. The van der Waals surface area contributed by atoms with E-state index in [0.29, 0.717) is 0 Å². The standard InChI is InChI=1S/C19H21N3S/c1-13-16-9-5-8-14(16)10-11-17(13)21-22-19-20-18(12-23-19)15-6-3-2-4-7-15/h2-4,6-7,12,14H,5,8-11H2,1H3,(H,20,22)/t14-/m1/s1. The van der Waals surface area contributed by atoms with Crippen molar-refractivity contribution in [3.05, 3.63) is 46.9 Å². The van der Waals surface area contributed by atoms with E-state index in [1.807, 2.05) is 18.2 Å². The van der Waals surface area contributed by atoms with Gasteiger partial charge in [-0.1, -0.05) is 35.9 Å². The monoisotopic (exact) mass is 323 g/mol. The Morgan fingerprint density at radius 2 is 2.04 bits per heavy atom. The first-order chi connectivity index (χ1) is 11.3. The summed E-state index contributed by atoms with van der Waals surface area (Å²) in [6.45, 7) is 2.24. The molecule has 2 aliphatic carbocycles. The fourth-order valence-corrected chi connectivity index (χ4v) is 4.40. The minimum atomic E-state index is 0.832. The zero-order chi connectivity index (χ0) is 15.6. The van der Waals surface area contributed by atoms with Crippen LogP contribution in [-0.2, 0) is 0 Å². The van der Waals surface area contributed by atoms with Crippen LogP contribution in [-0.4, -0.2) is 10.7 Å². The van der Waals surface area contributed by atoms with Gasteiger partial charge in [-0.25, -0.2) is 4.98 Å². The number of hydrazone groups is 1. The first kappa shape index (κ1) is 14.6. The van der Waals surface area contributed by atoms with Crippen molar-refractivity contribution in [2.75, 3.05) is 5.43 Å². The van der Waals surface area contributed by atoms with Crippen molar-refractivity contribution < 1.29 is 0 Å². The van der Waals surface area contributed by atoms with Crippen molar-refractivity contribution in [3.63, 3.8) is 0 Å². The largest absolute Gasteiger partial charge is 0.252 e. The molecule has 3 nitrogen and oxygen atoms in total. The Hall–Kier alpha value is -1.94. The second-order valence-electron chi connectivity index (χ2n) is 6.35. The number of rotatable bonds is 3.